The minimum atomic E-state index is 0.487. The van der Waals surface area contributed by atoms with Gasteiger partial charge >= 0.3 is 0 Å². The molecule has 0 aliphatic heterocycles. The van der Waals surface area contributed by atoms with Crippen molar-refractivity contribution in [3.05, 3.63) is 35.4 Å². The van der Waals surface area contributed by atoms with Crippen molar-refractivity contribution in [2.45, 2.75) is 15.1 Å². The maximum atomic E-state index is 5.83. The van der Waals surface area contributed by atoms with Crippen molar-refractivity contribution < 1.29 is 0 Å². The van der Waals surface area contributed by atoms with Gasteiger partial charge in [0.2, 0.25) is 0 Å². The summed E-state index contributed by atoms with van der Waals surface area (Å²) in [6.07, 6.45) is 1.92. The fourth-order valence-electron chi connectivity index (χ4n) is 1.19. The summed E-state index contributed by atoms with van der Waals surface area (Å²) in [5, 5.41) is 2.24. The van der Waals surface area contributed by atoms with Crippen LogP contribution >= 0.6 is 35.1 Å². The molecule has 0 bridgehead atoms. The van der Waals surface area contributed by atoms with Crippen LogP contribution in [0.15, 0.2) is 45.4 Å². The Balaban J connectivity index is 2.23. The number of nitrogen functional groups attached to an aromatic ring is 1. The van der Waals surface area contributed by atoms with Crippen LogP contribution in [0.2, 0.25) is 5.02 Å². The molecule has 0 unspecified atom stereocenters. The first-order valence-corrected chi connectivity index (χ1v) is 7.21. The standard InChI is InChI=1S/C11H10ClN3S2/c1-16-11-14-9(13)6-10(15-11)17-8-4-2-7(12)3-5-8/h2-6H,1H3,(H2,13,14,15). The maximum absolute atomic E-state index is 5.83. The molecule has 17 heavy (non-hydrogen) atoms. The van der Waals surface area contributed by atoms with Crippen LogP contribution in [0.4, 0.5) is 5.82 Å². The van der Waals surface area contributed by atoms with E-state index < -0.39 is 0 Å². The lowest BCUT2D eigenvalue weighted by Gasteiger charge is -2.03. The number of nitrogens with zero attached hydrogens (tertiary/aromatic N) is 2. The summed E-state index contributed by atoms with van der Waals surface area (Å²) in [6, 6.07) is 9.36. The molecule has 0 saturated carbocycles. The summed E-state index contributed by atoms with van der Waals surface area (Å²) in [5.74, 6) is 0.487. The molecule has 3 nitrogen and oxygen atoms in total. The van der Waals surface area contributed by atoms with Crippen LogP contribution in [0.25, 0.3) is 0 Å². The molecule has 0 atom stereocenters. The predicted octanol–water partition coefficient (Wildman–Crippen LogP) is 3.59. The number of halogens is 1. The molecule has 0 saturated heterocycles. The van der Waals surface area contributed by atoms with Gasteiger partial charge in [-0.1, -0.05) is 35.1 Å². The van der Waals surface area contributed by atoms with Gasteiger partial charge in [-0.15, -0.1) is 0 Å². The van der Waals surface area contributed by atoms with Crippen molar-refractivity contribution in [2.75, 3.05) is 12.0 Å². The Kier molecular flexibility index (Phi) is 4.15. The highest BCUT2D eigenvalue weighted by atomic mass is 35.5. The number of thioether (sulfide) groups is 1. The second-order valence-corrected chi connectivity index (χ2v) is 5.48. The summed E-state index contributed by atoms with van der Waals surface area (Å²) in [7, 11) is 0. The average Bonchev–Trinajstić information content (AvgIpc) is 2.31. The van der Waals surface area contributed by atoms with Gasteiger partial charge in [0.1, 0.15) is 10.8 Å². The SMILES string of the molecule is CSc1nc(N)cc(Sc2ccc(Cl)cc2)n1. The van der Waals surface area contributed by atoms with Crippen molar-refractivity contribution in [2.24, 2.45) is 0 Å². The molecule has 0 spiro atoms. The smallest absolute Gasteiger partial charge is 0.190 e. The Bertz CT molecular complexity index is 517. The van der Waals surface area contributed by atoms with Gasteiger partial charge in [-0.05, 0) is 30.5 Å². The number of nitrogens with two attached hydrogens (primary N) is 1. The molecule has 0 aliphatic rings. The number of anilines is 1. The third-order valence-electron chi connectivity index (χ3n) is 1.92. The van der Waals surface area contributed by atoms with Gasteiger partial charge in [0.25, 0.3) is 0 Å². The van der Waals surface area contributed by atoms with Gasteiger partial charge < -0.3 is 5.73 Å². The summed E-state index contributed by atoms with van der Waals surface area (Å²) >= 11 is 8.84. The zero-order valence-electron chi connectivity index (χ0n) is 9.05. The van der Waals surface area contributed by atoms with E-state index in [1.54, 1.807) is 6.07 Å². The first-order chi connectivity index (χ1) is 8.17. The number of aromatic nitrogens is 2. The molecule has 0 aliphatic carbocycles. The molecular weight excluding hydrogens is 274 g/mol. The van der Waals surface area contributed by atoms with E-state index in [2.05, 4.69) is 9.97 Å². The van der Waals surface area contributed by atoms with E-state index in [9.17, 15) is 0 Å². The summed E-state index contributed by atoms with van der Waals surface area (Å²) in [4.78, 5) is 9.54. The average molecular weight is 284 g/mol. The molecule has 2 rings (SSSR count). The third-order valence-corrected chi connectivity index (χ3v) is 3.65. The largest absolute Gasteiger partial charge is 0.384 e. The number of rotatable bonds is 3. The van der Waals surface area contributed by atoms with E-state index >= 15 is 0 Å². The second kappa shape index (κ2) is 5.62. The Morgan fingerprint density at radius 2 is 1.88 bits per heavy atom. The number of hydrogen-bond donors (Lipinski definition) is 1. The highest BCUT2D eigenvalue weighted by Gasteiger charge is 2.04. The number of hydrogen-bond acceptors (Lipinski definition) is 5. The molecule has 2 N–H and O–H groups in total. The van der Waals surface area contributed by atoms with E-state index in [0.717, 1.165) is 14.9 Å². The Morgan fingerprint density at radius 3 is 2.53 bits per heavy atom. The van der Waals surface area contributed by atoms with Gasteiger partial charge in [-0.3, -0.25) is 0 Å². The van der Waals surface area contributed by atoms with Gasteiger partial charge in [0, 0.05) is 16.0 Å². The van der Waals surface area contributed by atoms with Crippen LogP contribution < -0.4 is 5.73 Å². The second-order valence-electron chi connectivity index (χ2n) is 3.17. The fraction of sp³-hybridized carbons (Fsp3) is 0.0909. The summed E-state index contributed by atoms with van der Waals surface area (Å²) in [6.45, 7) is 0. The molecule has 6 heteroatoms. The monoisotopic (exact) mass is 283 g/mol. The van der Waals surface area contributed by atoms with Crippen molar-refractivity contribution in [1.82, 2.24) is 9.97 Å². The van der Waals surface area contributed by atoms with Crippen molar-refractivity contribution in [1.29, 1.82) is 0 Å². The van der Waals surface area contributed by atoms with Crippen LogP contribution in [0.5, 0.6) is 0 Å². The molecule has 1 aromatic carbocycles. The molecule has 88 valence electrons. The van der Waals surface area contributed by atoms with Gasteiger partial charge in [0.15, 0.2) is 5.16 Å². The maximum Gasteiger partial charge on any atom is 0.190 e. The van der Waals surface area contributed by atoms with E-state index in [1.165, 1.54) is 23.5 Å². The van der Waals surface area contributed by atoms with E-state index in [-0.39, 0.29) is 0 Å². The van der Waals surface area contributed by atoms with Gasteiger partial charge in [-0.25, -0.2) is 9.97 Å². The van der Waals surface area contributed by atoms with E-state index in [0.29, 0.717) is 11.0 Å². The lowest BCUT2D eigenvalue weighted by Crippen LogP contribution is -1.95. The third kappa shape index (κ3) is 3.52. The predicted molar refractivity (Wildman–Crippen MR) is 73.8 cm³/mol. The summed E-state index contributed by atoms with van der Waals surface area (Å²) in [5.41, 5.74) is 5.71. The van der Waals surface area contributed by atoms with Gasteiger partial charge in [-0.2, -0.15) is 0 Å². The summed E-state index contributed by atoms with van der Waals surface area (Å²) < 4.78 is 0. The normalized spacial score (nSPS) is 10.5. The molecular formula is C11H10ClN3S2. The van der Waals surface area contributed by atoms with Crippen LogP contribution in [-0.4, -0.2) is 16.2 Å². The van der Waals surface area contributed by atoms with Crippen molar-refractivity contribution >= 4 is 40.9 Å². The quantitative estimate of drug-likeness (QED) is 0.530. The first-order valence-electron chi connectivity index (χ1n) is 4.79. The number of benzene rings is 1. The zero-order valence-corrected chi connectivity index (χ0v) is 11.4. The van der Waals surface area contributed by atoms with Gasteiger partial charge in [0.05, 0.1) is 0 Å². The van der Waals surface area contributed by atoms with Crippen LogP contribution in [0, 0.1) is 0 Å². The highest BCUT2D eigenvalue weighted by molar-refractivity contribution is 7.99. The topological polar surface area (TPSA) is 51.8 Å². The molecule has 0 radical (unpaired) electrons. The lowest BCUT2D eigenvalue weighted by molar-refractivity contribution is 0.902. The fourth-order valence-corrected chi connectivity index (χ4v) is 2.58. The lowest BCUT2D eigenvalue weighted by atomic mass is 10.4. The minimum Gasteiger partial charge on any atom is -0.384 e. The van der Waals surface area contributed by atoms with Crippen molar-refractivity contribution in [3.63, 3.8) is 0 Å². The highest BCUT2D eigenvalue weighted by Crippen LogP contribution is 2.28. The molecule has 2 aromatic rings. The molecule has 1 heterocycles. The Hall–Kier alpha value is -0.910. The van der Waals surface area contributed by atoms with Crippen molar-refractivity contribution in [3.8, 4) is 0 Å². The van der Waals surface area contributed by atoms with Crippen LogP contribution in [0.1, 0.15) is 0 Å². The minimum absolute atomic E-state index is 0.487. The van der Waals surface area contributed by atoms with E-state index in [4.69, 9.17) is 17.3 Å². The van der Waals surface area contributed by atoms with Crippen LogP contribution in [0.3, 0.4) is 0 Å². The molecule has 0 fully saturated rings. The molecule has 1 aromatic heterocycles. The Labute approximate surface area is 113 Å². The van der Waals surface area contributed by atoms with Crippen LogP contribution in [-0.2, 0) is 0 Å². The van der Waals surface area contributed by atoms with E-state index in [1.807, 2.05) is 30.5 Å². The first kappa shape index (κ1) is 12.5. The Morgan fingerprint density at radius 1 is 1.18 bits per heavy atom. The molecule has 0 amide bonds. The zero-order chi connectivity index (χ0) is 12.3.